The zero-order valence-corrected chi connectivity index (χ0v) is 22.2. The van der Waals surface area contributed by atoms with E-state index in [1.807, 2.05) is 0 Å². The van der Waals surface area contributed by atoms with E-state index in [1.165, 1.54) is 37.8 Å². The topological polar surface area (TPSA) is 143 Å². The molecule has 38 heavy (non-hydrogen) atoms. The summed E-state index contributed by atoms with van der Waals surface area (Å²) in [5, 5.41) is 2.57. The largest absolute Gasteiger partial charge is 0.462 e. The first-order valence-corrected chi connectivity index (χ1v) is 13.5. The van der Waals surface area contributed by atoms with Gasteiger partial charge in [-0.3, -0.25) is 9.36 Å². The summed E-state index contributed by atoms with van der Waals surface area (Å²) in [6.07, 6.45) is -3.36. The lowest BCUT2D eigenvalue weighted by atomic mass is 10.1. The van der Waals surface area contributed by atoms with Gasteiger partial charge in [0, 0.05) is 0 Å². The van der Waals surface area contributed by atoms with Gasteiger partial charge in [0.1, 0.15) is 24.2 Å². The summed E-state index contributed by atoms with van der Waals surface area (Å²) in [6.45, 7) is 6.00. The number of ether oxygens (including phenoxy) is 2. The molecule has 0 amide bonds. The molecule has 0 aliphatic rings. The molecule has 0 aliphatic carbocycles. The first kappa shape index (κ1) is 29.5. The molecule has 3 atom stereocenters. The van der Waals surface area contributed by atoms with Gasteiger partial charge in [-0.1, -0.05) is 18.2 Å². The molecule has 1 unspecified atom stereocenters. The Labute approximate surface area is 217 Å². The van der Waals surface area contributed by atoms with Crippen LogP contribution < -0.4 is 10.8 Å². The molecule has 2 heterocycles. The Morgan fingerprint density at radius 3 is 2.55 bits per heavy atom. The molecule has 2 aromatic heterocycles. The number of imidazole rings is 1. The SMILES string of the molecule is CC(C)OC(=O)[C@H](C)NP(=O)(CO[C@H](C)Cn1cnc2c(N)ncnc21)OCc1ccccc1C(F)(F)F. The van der Waals surface area contributed by atoms with Crippen molar-refractivity contribution >= 4 is 30.5 Å². The number of benzene rings is 1. The summed E-state index contributed by atoms with van der Waals surface area (Å²) in [4.78, 5) is 24.5. The molecule has 3 aromatic rings. The maximum atomic E-state index is 13.7. The highest BCUT2D eigenvalue weighted by molar-refractivity contribution is 7.56. The standard InChI is InChI=1S/C23H30F3N6O5P/c1-14(2)37-22(33)16(4)31-38(34,36-10-17-7-5-6-8-18(17)23(24,25)26)13-35-15(3)9-32-12-30-19-20(27)28-11-29-21(19)32/h5-8,11-12,14-16H,9-10,13H2,1-4H3,(H,31,34)(H2,27,28,29)/t15-,16+,38?/m1/s1. The van der Waals surface area contributed by atoms with Gasteiger partial charge in [-0.25, -0.2) is 20.0 Å². The second-order valence-corrected chi connectivity index (χ2v) is 11.0. The molecule has 0 saturated heterocycles. The summed E-state index contributed by atoms with van der Waals surface area (Å²) in [5.74, 6) is -0.486. The average Bonchev–Trinajstić information content (AvgIpc) is 3.25. The fourth-order valence-electron chi connectivity index (χ4n) is 3.48. The minimum absolute atomic E-state index is 0.213. The van der Waals surface area contributed by atoms with E-state index in [1.54, 1.807) is 25.3 Å². The van der Waals surface area contributed by atoms with Crippen molar-refractivity contribution in [3.8, 4) is 0 Å². The first-order valence-electron chi connectivity index (χ1n) is 11.7. The van der Waals surface area contributed by atoms with Gasteiger partial charge in [-0.05, 0) is 39.3 Å². The minimum atomic E-state index is -4.63. The van der Waals surface area contributed by atoms with Gasteiger partial charge >= 0.3 is 12.1 Å². The number of alkyl halides is 3. The van der Waals surface area contributed by atoms with Crippen LogP contribution in [0.15, 0.2) is 36.9 Å². The second kappa shape index (κ2) is 12.2. The van der Waals surface area contributed by atoms with Crippen molar-refractivity contribution in [1.29, 1.82) is 0 Å². The summed E-state index contributed by atoms with van der Waals surface area (Å²) in [7, 11) is -4.02. The number of halogens is 3. The van der Waals surface area contributed by atoms with Crippen molar-refractivity contribution in [1.82, 2.24) is 24.6 Å². The van der Waals surface area contributed by atoms with Crippen LogP contribution in [0.25, 0.3) is 11.2 Å². The number of aromatic nitrogens is 4. The van der Waals surface area contributed by atoms with Crippen molar-refractivity contribution in [3.63, 3.8) is 0 Å². The van der Waals surface area contributed by atoms with Gasteiger partial charge in [0.25, 0.3) is 7.52 Å². The van der Waals surface area contributed by atoms with Crippen LogP contribution in [0.1, 0.15) is 38.8 Å². The predicted octanol–water partition coefficient (Wildman–Crippen LogP) is 4.13. The molecule has 0 fully saturated rings. The van der Waals surface area contributed by atoms with E-state index in [0.717, 1.165) is 6.07 Å². The third kappa shape index (κ3) is 7.73. The third-order valence-corrected chi connectivity index (χ3v) is 7.08. The molecule has 0 bridgehead atoms. The van der Waals surface area contributed by atoms with E-state index in [2.05, 4.69) is 20.0 Å². The van der Waals surface area contributed by atoms with Gasteiger partial charge in [0.2, 0.25) is 0 Å². The molecular formula is C23H30F3N6O5P. The van der Waals surface area contributed by atoms with Crippen LogP contribution in [0.3, 0.4) is 0 Å². The van der Waals surface area contributed by atoms with Crippen LogP contribution in [-0.4, -0.2) is 50.1 Å². The quantitative estimate of drug-likeness (QED) is 0.246. The van der Waals surface area contributed by atoms with E-state index in [9.17, 15) is 22.5 Å². The summed E-state index contributed by atoms with van der Waals surface area (Å²) < 4.78 is 72.0. The fourth-order valence-corrected chi connectivity index (χ4v) is 5.20. The highest BCUT2D eigenvalue weighted by Gasteiger charge is 2.35. The van der Waals surface area contributed by atoms with Crippen molar-refractivity contribution < 1.29 is 36.5 Å². The molecular weight excluding hydrogens is 528 g/mol. The number of nitrogens with zero attached hydrogens (tertiary/aromatic N) is 4. The number of hydrogen-bond donors (Lipinski definition) is 2. The van der Waals surface area contributed by atoms with Gasteiger partial charge in [-0.2, -0.15) is 13.2 Å². The van der Waals surface area contributed by atoms with Crippen LogP contribution in [-0.2, 0) is 42.7 Å². The third-order valence-electron chi connectivity index (χ3n) is 5.26. The predicted molar refractivity (Wildman–Crippen MR) is 133 cm³/mol. The summed E-state index contributed by atoms with van der Waals surface area (Å²) >= 11 is 0. The summed E-state index contributed by atoms with van der Waals surface area (Å²) in [5.41, 5.74) is 5.56. The Morgan fingerprint density at radius 1 is 1.16 bits per heavy atom. The fraction of sp³-hybridized carbons (Fsp3) is 0.478. The number of carbonyl (C=O) groups excluding carboxylic acids is 1. The number of hydrogen-bond acceptors (Lipinski definition) is 9. The van der Waals surface area contributed by atoms with Crippen LogP contribution in [0, 0.1) is 0 Å². The van der Waals surface area contributed by atoms with E-state index < -0.39 is 56.4 Å². The van der Waals surface area contributed by atoms with Crippen LogP contribution >= 0.6 is 7.52 Å². The lowest BCUT2D eigenvalue weighted by molar-refractivity contribution is -0.149. The number of nitrogens with one attached hydrogen (secondary N) is 1. The summed E-state index contributed by atoms with van der Waals surface area (Å²) in [6, 6.07) is 3.71. The highest BCUT2D eigenvalue weighted by Crippen LogP contribution is 2.45. The van der Waals surface area contributed by atoms with Gasteiger partial charge in [-0.15, -0.1) is 0 Å². The molecule has 3 rings (SSSR count). The van der Waals surface area contributed by atoms with E-state index in [-0.39, 0.29) is 17.9 Å². The Hall–Kier alpha value is -3.06. The van der Waals surface area contributed by atoms with Crippen LogP contribution in [0.5, 0.6) is 0 Å². The molecule has 0 saturated carbocycles. The molecule has 0 aliphatic heterocycles. The molecule has 3 N–H and O–H groups in total. The number of fused-ring (bicyclic) bond motifs is 1. The highest BCUT2D eigenvalue weighted by atomic mass is 31.2. The Bertz CT molecular complexity index is 1300. The van der Waals surface area contributed by atoms with Gasteiger partial charge in [0.05, 0.1) is 37.3 Å². The lowest BCUT2D eigenvalue weighted by Crippen LogP contribution is -2.36. The molecule has 15 heteroatoms. The number of anilines is 1. The molecule has 11 nitrogen and oxygen atoms in total. The number of rotatable bonds is 12. The Morgan fingerprint density at radius 2 is 1.87 bits per heavy atom. The minimum Gasteiger partial charge on any atom is -0.462 e. The zero-order chi connectivity index (χ0) is 28.1. The Kier molecular flexibility index (Phi) is 9.47. The smallest absolute Gasteiger partial charge is 0.416 e. The number of carbonyl (C=O) groups is 1. The molecule has 0 spiro atoms. The number of nitrogen functional groups attached to an aromatic ring is 1. The maximum Gasteiger partial charge on any atom is 0.416 e. The zero-order valence-electron chi connectivity index (χ0n) is 21.3. The molecule has 0 radical (unpaired) electrons. The van der Waals surface area contributed by atoms with Crippen LogP contribution in [0.2, 0.25) is 0 Å². The Balaban J connectivity index is 1.75. The van der Waals surface area contributed by atoms with Crippen molar-refractivity contribution in [2.45, 2.75) is 65.3 Å². The first-order chi connectivity index (χ1) is 17.8. The average molecular weight is 558 g/mol. The number of nitrogens with two attached hydrogens (primary N) is 1. The van der Waals surface area contributed by atoms with E-state index >= 15 is 0 Å². The number of esters is 1. The van der Waals surface area contributed by atoms with Gasteiger partial charge in [0.15, 0.2) is 11.5 Å². The maximum absolute atomic E-state index is 13.7. The molecule has 1 aromatic carbocycles. The van der Waals surface area contributed by atoms with E-state index in [0.29, 0.717) is 11.2 Å². The normalized spacial score (nSPS) is 15.4. The molecule has 208 valence electrons. The lowest BCUT2D eigenvalue weighted by Gasteiger charge is -2.25. The van der Waals surface area contributed by atoms with Crippen molar-refractivity contribution in [3.05, 3.63) is 48.0 Å². The second-order valence-electron chi connectivity index (χ2n) is 8.87. The van der Waals surface area contributed by atoms with E-state index in [4.69, 9.17) is 19.7 Å². The van der Waals surface area contributed by atoms with Crippen LogP contribution in [0.4, 0.5) is 19.0 Å². The monoisotopic (exact) mass is 558 g/mol. The van der Waals surface area contributed by atoms with Crippen molar-refractivity contribution in [2.75, 3.05) is 12.1 Å². The van der Waals surface area contributed by atoms with Crippen molar-refractivity contribution in [2.24, 2.45) is 0 Å². The van der Waals surface area contributed by atoms with Gasteiger partial charge < -0.3 is 24.3 Å².